The first-order valence-corrected chi connectivity index (χ1v) is 7.84. The number of piperazine rings is 1. The van der Waals surface area contributed by atoms with E-state index in [0.29, 0.717) is 26.1 Å². The molecule has 0 radical (unpaired) electrons. The molecule has 3 rings (SSSR count). The van der Waals surface area contributed by atoms with Crippen LogP contribution >= 0.6 is 0 Å². The Hall–Kier alpha value is -2.34. The minimum atomic E-state index is -0.277. The van der Waals surface area contributed by atoms with Gasteiger partial charge in [-0.15, -0.1) is 0 Å². The van der Waals surface area contributed by atoms with Crippen LogP contribution in [0.3, 0.4) is 0 Å². The summed E-state index contributed by atoms with van der Waals surface area (Å²) >= 11 is 0. The number of amides is 2. The minimum Gasteiger partial charge on any atom is -0.361 e. The van der Waals surface area contributed by atoms with E-state index in [1.54, 1.807) is 11.9 Å². The number of likely N-dealkylation sites (N-methyl/N-ethyl adjacent to an activating group) is 2. The predicted octanol–water partition coefficient (Wildman–Crippen LogP) is 0.599. The second kappa shape index (κ2) is 6.42. The molecule has 1 aromatic carbocycles. The molecule has 6 nitrogen and oxygen atoms in total. The van der Waals surface area contributed by atoms with Crippen LogP contribution in [0.15, 0.2) is 30.5 Å². The van der Waals surface area contributed by atoms with Crippen LogP contribution in [0.1, 0.15) is 5.56 Å². The van der Waals surface area contributed by atoms with Crippen molar-refractivity contribution in [2.45, 2.75) is 12.5 Å². The number of benzene rings is 1. The third-order valence-electron chi connectivity index (χ3n) is 4.57. The van der Waals surface area contributed by atoms with Crippen LogP contribution in [-0.2, 0) is 16.0 Å². The maximum atomic E-state index is 12.6. The lowest BCUT2D eigenvalue weighted by Gasteiger charge is -2.38. The van der Waals surface area contributed by atoms with Gasteiger partial charge in [0.25, 0.3) is 0 Å². The smallest absolute Gasteiger partial charge is 0.238 e. The number of hydrogen-bond donors (Lipinski definition) is 2. The molecule has 23 heavy (non-hydrogen) atoms. The summed E-state index contributed by atoms with van der Waals surface area (Å²) in [7, 11) is 3.55. The maximum absolute atomic E-state index is 12.6. The summed E-state index contributed by atoms with van der Waals surface area (Å²) in [5, 5.41) is 3.75. The van der Waals surface area contributed by atoms with E-state index in [-0.39, 0.29) is 17.9 Å². The van der Waals surface area contributed by atoms with Crippen LogP contribution in [0.2, 0.25) is 0 Å². The molecule has 1 aliphatic heterocycles. The normalized spacial score (nSPS) is 19.0. The Morgan fingerprint density at radius 2 is 2.09 bits per heavy atom. The van der Waals surface area contributed by atoms with Gasteiger partial charge >= 0.3 is 0 Å². The highest BCUT2D eigenvalue weighted by Crippen LogP contribution is 2.19. The standard InChI is InChI=1S/C17H22N4O2/c1-18-17(23)15-11-21(8-7-20(15)2)16(22)9-12-10-19-14-6-4-3-5-13(12)14/h3-6,10,15,19H,7-9,11H2,1-2H3,(H,18,23)/t15-/m1/s1. The molecule has 2 amide bonds. The van der Waals surface area contributed by atoms with Crippen molar-refractivity contribution in [3.05, 3.63) is 36.0 Å². The van der Waals surface area contributed by atoms with Crippen molar-refractivity contribution in [2.24, 2.45) is 0 Å². The van der Waals surface area contributed by atoms with Gasteiger partial charge in [-0.05, 0) is 18.7 Å². The van der Waals surface area contributed by atoms with Gasteiger partial charge in [0.05, 0.1) is 6.42 Å². The number of para-hydroxylation sites is 1. The van der Waals surface area contributed by atoms with Gasteiger partial charge in [0.15, 0.2) is 0 Å². The molecule has 6 heteroatoms. The van der Waals surface area contributed by atoms with Gasteiger partial charge in [-0.2, -0.15) is 0 Å². The van der Waals surface area contributed by atoms with E-state index in [4.69, 9.17) is 0 Å². The lowest BCUT2D eigenvalue weighted by atomic mass is 10.1. The van der Waals surface area contributed by atoms with Crippen LogP contribution in [0, 0.1) is 0 Å². The Balaban J connectivity index is 1.72. The zero-order valence-corrected chi connectivity index (χ0v) is 13.5. The van der Waals surface area contributed by atoms with E-state index in [0.717, 1.165) is 16.5 Å². The average molecular weight is 314 g/mol. The zero-order chi connectivity index (χ0) is 16.4. The quantitative estimate of drug-likeness (QED) is 0.872. The molecule has 0 spiro atoms. The van der Waals surface area contributed by atoms with Gasteiger partial charge in [-0.1, -0.05) is 18.2 Å². The molecule has 1 atom stereocenters. The highest BCUT2D eigenvalue weighted by atomic mass is 16.2. The zero-order valence-electron chi connectivity index (χ0n) is 13.5. The highest BCUT2D eigenvalue weighted by Gasteiger charge is 2.31. The SMILES string of the molecule is CNC(=O)[C@H]1CN(C(=O)Cc2c[nH]c3ccccc23)CCN1C. The largest absolute Gasteiger partial charge is 0.361 e. The predicted molar refractivity (Wildman–Crippen MR) is 89.1 cm³/mol. The second-order valence-electron chi connectivity index (χ2n) is 5.99. The number of carbonyl (C=O) groups is 2. The van der Waals surface area contributed by atoms with Crippen molar-refractivity contribution < 1.29 is 9.59 Å². The van der Waals surface area contributed by atoms with Gasteiger partial charge in [-0.3, -0.25) is 14.5 Å². The number of aromatic amines is 1. The van der Waals surface area contributed by atoms with Crippen molar-refractivity contribution in [3.63, 3.8) is 0 Å². The first-order chi connectivity index (χ1) is 11.1. The van der Waals surface area contributed by atoms with Gasteiger partial charge < -0.3 is 15.2 Å². The fourth-order valence-electron chi connectivity index (χ4n) is 3.10. The third-order valence-corrected chi connectivity index (χ3v) is 4.57. The van der Waals surface area contributed by atoms with E-state index >= 15 is 0 Å². The fraction of sp³-hybridized carbons (Fsp3) is 0.412. The molecule has 1 aliphatic rings. The number of nitrogens with zero attached hydrogens (tertiary/aromatic N) is 2. The van der Waals surface area contributed by atoms with Crippen molar-refractivity contribution >= 4 is 22.7 Å². The number of nitrogens with one attached hydrogen (secondary N) is 2. The molecule has 0 aliphatic carbocycles. The minimum absolute atomic E-state index is 0.0444. The molecule has 2 heterocycles. The first-order valence-electron chi connectivity index (χ1n) is 7.84. The van der Waals surface area contributed by atoms with Crippen molar-refractivity contribution in [3.8, 4) is 0 Å². The van der Waals surface area contributed by atoms with Crippen LogP contribution < -0.4 is 5.32 Å². The van der Waals surface area contributed by atoms with Gasteiger partial charge in [0.1, 0.15) is 6.04 Å². The summed E-state index contributed by atoms with van der Waals surface area (Å²) in [6, 6.07) is 7.69. The Labute approximate surface area is 135 Å². The van der Waals surface area contributed by atoms with Gasteiger partial charge in [-0.25, -0.2) is 0 Å². The molecule has 2 aromatic rings. The van der Waals surface area contributed by atoms with Crippen molar-refractivity contribution in [2.75, 3.05) is 33.7 Å². The molecule has 2 N–H and O–H groups in total. The van der Waals surface area contributed by atoms with Crippen molar-refractivity contribution in [1.29, 1.82) is 0 Å². The second-order valence-corrected chi connectivity index (χ2v) is 5.99. The topological polar surface area (TPSA) is 68.4 Å². The van der Waals surface area contributed by atoms with Gasteiger partial charge in [0.2, 0.25) is 11.8 Å². The van der Waals surface area contributed by atoms with E-state index < -0.39 is 0 Å². The lowest BCUT2D eigenvalue weighted by molar-refractivity contribution is -0.136. The number of hydrogen-bond acceptors (Lipinski definition) is 3. The van der Waals surface area contributed by atoms with Crippen molar-refractivity contribution in [1.82, 2.24) is 20.1 Å². The van der Waals surface area contributed by atoms with E-state index in [1.807, 2.05) is 42.4 Å². The molecule has 0 saturated carbocycles. The van der Waals surface area contributed by atoms with Crippen LogP contribution in [0.5, 0.6) is 0 Å². The Kier molecular flexibility index (Phi) is 4.34. The Morgan fingerprint density at radius 1 is 1.30 bits per heavy atom. The summed E-state index contributed by atoms with van der Waals surface area (Å²) in [6.07, 6.45) is 2.25. The van der Waals surface area contributed by atoms with Crippen LogP contribution in [0.4, 0.5) is 0 Å². The lowest BCUT2D eigenvalue weighted by Crippen LogP contribution is -2.58. The van der Waals surface area contributed by atoms with Crippen LogP contribution in [-0.4, -0.2) is 66.4 Å². The Bertz CT molecular complexity index is 724. The molecule has 1 fully saturated rings. The fourth-order valence-corrected chi connectivity index (χ4v) is 3.10. The van der Waals surface area contributed by atoms with E-state index in [1.165, 1.54) is 0 Å². The molecule has 1 saturated heterocycles. The number of carbonyl (C=O) groups excluding carboxylic acids is 2. The van der Waals surface area contributed by atoms with Crippen LogP contribution in [0.25, 0.3) is 10.9 Å². The number of rotatable bonds is 3. The van der Waals surface area contributed by atoms with E-state index in [9.17, 15) is 9.59 Å². The third kappa shape index (κ3) is 3.07. The summed E-state index contributed by atoms with van der Waals surface area (Å²) in [5.74, 6) is 0.0221. The first kappa shape index (κ1) is 15.6. The summed E-state index contributed by atoms with van der Waals surface area (Å²) < 4.78 is 0. The molecule has 0 unspecified atom stereocenters. The average Bonchev–Trinajstić information content (AvgIpc) is 2.97. The monoisotopic (exact) mass is 314 g/mol. The molecular formula is C17H22N4O2. The van der Waals surface area contributed by atoms with E-state index in [2.05, 4.69) is 10.3 Å². The summed E-state index contributed by atoms with van der Waals surface area (Å²) in [5.41, 5.74) is 2.04. The number of fused-ring (bicyclic) bond motifs is 1. The molecule has 0 bridgehead atoms. The van der Waals surface area contributed by atoms with Gasteiger partial charge in [0, 0.05) is 43.8 Å². The molecular weight excluding hydrogens is 292 g/mol. The highest BCUT2D eigenvalue weighted by molar-refractivity contribution is 5.89. The maximum Gasteiger partial charge on any atom is 0.238 e. The number of aromatic nitrogens is 1. The Morgan fingerprint density at radius 3 is 2.87 bits per heavy atom. The molecule has 1 aromatic heterocycles. The summed E-state index contributed by atoms with van der Waals surface area (Å²) in [6.45, 7) is 1.81. The molecule has 122 valence electrons. The summed E-state index contributed by atoms with van der Waals surface area (Å²) in [4.78, 5) is 31.6. The number of H-pyrrole nitrogens is 1.